The van der Waals surface area contributed by atoms with E-state index in [4.69, 9.17) is 0 Å². The van der Waals surface area contributed by atoms with Gasteiger partial charge in [0, 0.05) is 24.0 Å². The number of hydrogen-bond acceptors (Lipinski definition) is 4. The third-order valence-electron chi connectivity index (χ3n) is 2.32. The van der Waals surface area contributed by atoms with Crippen molar-refractivity contribution in [3.8, 4) is 0 Å². The van der Waals surface area contributed by atoms with Gasteiger partial charge in [-0.3, -0.25) is 0 Å². The van der Waals surface area contributed by atoms with Gasteiger partial charge in [0.05, 0.1) is 10.8 Å². The summed E-state index contributed by atoms with van der Waals surface area (Å²) in [6.07, 6.45) is 3.27. The van der Waals surface area contributed by atoms with E-state index in [1.165, 1.54) is 0 Å². The van der Waals surface area contributed by atoms with Crippen LogP contribution in [0.15, 0.2) is 5.38 Å². The van der Waals surface area contributed by atoms with Crippen molar-refractivity contribution in [3.05, 3.63) is 16.1 Å². The number of unbranched alkanes of at least 4 members (excludes halogenated alkanes) is 1. The number of thiazole rings is 1. The Kier molecular flexibility index (Phi) is 6.08. The third kappa shape index (κ3) is 6.14. The molecule has 17 heavy (non-hydrogen) atoms. The van der Waals surface area contributed by atoms with Crippen LogP contribution >= 0.6 is 11.3 Å². The van der Waals surface area contributed by atoms with E-state index in [-0.39, 0.29) is 5.75 Å². The zero-order valence-electron chi connectivity index (χ0n) is 10.4. The Morgan fingerprint density at radius 3 is 2.76 bits per heavy atom. The Balaban J connectivity index is 2.19. The molecule has 0 aliphatic rings. The minimum absolute atomic E-state index is 0.236. The second kappa shape index (κ2) is 7.08. The Bertz CT molecular complexity index is 426. The first kappa shape index (κ1) is 14.6. The van der Waals surface area contributed by atoms with E-state index in [2.05, 4.69) is 9.71 Å². The van der Waals surface area contributed by atoms with E-state index in [0.29, 0.717) is 6.54 Å². The van der Waals surface area contributed by atoms with Crippen molar-refractivity contribution in [2.45, 2.75) is 39.5 Å². The highest BCUT2D eigenvalue weighted by atomic mass is 32.2. The maximum absolute atomic E-state index is 11.5. The normalized spacial score (nSPS) is 11.9. The molecule has 98 valence electrons. The van der Waals surface area contributed by atoms with E-state index in [9.17, 15) is 8.42 Å². The van der Waals surface area contributed by atoms with Crippen LogP contribution < -0.4 is 4.72 Å². The zero-order valence-corrected chi connectivity index (χ0v) is 12.0. The highest BCUT2D eigenvalue weighted by Crippen LogP contribution is 2.10. The molecule has 0 radical (unpaired) electrons. The number of sulfonamides is 1. The largest absolute Gasteiger partial charge is 0.247 e. The van der Waals surface area contributed by atoms with Gasteiger partial charge in [0.25, 0.3) is 0 Å². The Morgan fingerprint density at radius 2 is 2.18 bits per heavy atom. The van der Waals surface area contributed by atoms with Crippen LogP contribution in [0.5, 0.6) is 0 Å². The maximum atomic E-state index is 11.5. The van der Waals surface area contributed by atoms with Gasteiger partial charge in [0.1, 0.15) is 0 Å². The van der Waals surface area contributed by atoms with E-state index in [0.717, 1.165) is 36.4 Å². The molecule has 1 aromatic rings. The molecule has 0 aliphatic carbocycles. The number of nitrogens with one attached hydrogen (secondary N) is 1. The Hall–Kier alpha value is -0.460. The van der Waals surface area contributed by atoms with E-state index in [1.807, 2.05) is 19.2 Å². The molecule has 0 aromatic carbocycles. The van der Waals surface area contributed by atoms with Gasteiger partial charge in [-0.2, -0.15) is 0 Å². The molecule has 0 saturated heterocycles. The first-order chi connectivity index (χ1) is 8.03. The van der Waals surface area contributed by atoms with Crippen molar-refractivity contribution in [3.63, 3.8) is 0 Å². The summed E-state index contributed by atoms with van der Waals surface area (Å²) in [7, 11) is -3.06. The summed E-state index contributed by atoms with van der Waals surface area (Å²) in [6.45, 7) is 4.46. The summed E-state index contributed by atoms with van der Waals surface area (Å²) in [5, 5.41) is 3.09. The second-order valence-electron chi connectivity index (χ2n) is 4.05. The lowest BCUT2D eigenvalue weighted by atomic mass is 10.3. The van der Waals surface area contributed by atoms with Crippen LogP contribution in [-0.4, -0.2) is 25.7 Å². The van der Waals surface area contributed by atoms with Crippen LogP contribution in [0.4, 0.5) is 0 Å². The predicted molar refractivity (Wildman–Crippen MR) is 71.9 cm³/mol. The fraction of sp³-hybridized carbons (Fsp3) is 0.727. The number of rotatable bonds is 8. The van der Waals surface area contributed by atoms with Gasteiger partial charge < -0.3 is 0 Å². The van der Waals surface area contributed by atoms with Crippen molar-refractivity contribution in [1.82, 2.24) is 9.71 Å². The molecule has 1 aromatic heterocycles. The fourth-order valence-corrected chi connectivity index (χ4v) is 3.48. The lowest BCUT2D eigenvalue weighted by molar-refractivity contribution is 0.575. The molecular weight excluding hydrogens is 256 g/mol. The minimum atomic E-state index is -3.06. The summed E-state index contributed by atoms with van der Waals surface area (Å²) in [4.78, 5) is 4.34. The maximum Gasteiger partial charge on any atom is 0.211 e. The smallest absolute Gasteiger partial charge is 0.211 e. The average Bonchev–Trinajstić information content (AvgIpc) is 2.68. The molecule has 4 nitrogen and oxygen atoms in total. The average molecular weight is 276 g/mol. The van der Waals surface area contributed by atoms with Gasteiger partial charge in [-0.25, -0.2) is 18.1 Å². The highest BCUT2D eigenvalue weighted by molar-refractivity contribution is 7.89. The number of hydrogen-bond donors (Lipinski definition) is 1. The summed E-state index contributed by atoms with van der Waals surface area (Å²) in [5.74, 6) is 0.236. The lowest BCUT2D eigenvalue weighted by Crippen LogP contribution is -2.27. The van der Waals surface area contributed by atoms with Gasteiger partial charge in [-0.05, 0) is 19.8 Å². The minimum Gasteiger partial charge on any atom is -0.247 e. The second-order valence-corrected chi connectivity index (χ2v) is 6.92. The summed E-state index contributed by atoms with van der Waals surface area (Å²) < 4.78 is 25.6. The number of aromatic nitrogens is 1. The molecule has 0 saturated carbocycles. The van der Waals surface area contributed by atoms with Crippen molar-refractivity contribution >= 4 is 21.4 Å². The molecular formula is C11H20N2O2S2. The van der Waals surface area contributed by atoms with Gasteiger partial charge >= 0.3 is 0 Å². The lowest BCUT2D eigenvalue weighted by Gasteiger charge is -2.04. The fourth-order valence-electron chi connectivity index (χ4n) is 1.39. The van der Waals surface area contributed by atoms with E-state index < -0.39 is 10.0 Å². The molecule has 0 unspecified atom stereocenters. The SMILES string of the molecule is CCCCS(=O)(=O)NCCCc1nc(C)cs1. The molecule has 0 amide bonds. The highest BCUT2D eigenvalue weighted by Gasteiger charge is 2.08. The summed E-state index contributed by atoms with van der Waals surface area (Å²) >= 11 is 1.63. The van der Waals surface area contributed by atoms with Crippen LogP contribution in [0.3, 0.4) is 0 Å². The van der Waals surface area contributed by atoms with E-state index in [1.54, 1.807) is 11.3 Å². The summed E-state index contributed by atoms with van der Waals surface area (Å²) in [5.41, 5.74) is 1.04. The molecule has 0 bridgehead atoms. The standard InChI is InChI=1S/C11H20N2O2S2/c1-3-4-8-17(14,15)12-7-5-6-11-13-10(2)9-16-11/h9,12H,3-8H2,1-2H3. The quantitative estimate of drug-likeness (QED) is 0.740. The molecule has 0 atom stereocenters. The Morgan fingerprint density at radius 1 is 1.41 bits per heavy atom. The molecule has 0 fully saturated rings. The molecule has 1 N–H and O–H groups in total. The predicted octanol–water partition coefficient (Wildman–Crippen LogP) is 2.10. The van der Waals surface area contributed by atoms with Crippen LogP contribution in [0, 0.1) is 6.92 Å². The van der Waals surface area contributed by atoms with Crippen LogP contribution in [0.25, 0.3) is 0 Å². The third-order valence-corrected chi connectivity index (χ3v) is 4.82. The van der Waals surface area contributed by atoms with Gasteiger partial charge in [0.15, 0.2) is 0 Å². The van der Waals surface area contributed by atoms with Gasteiger partial charge in [-0.1, -0.05) is 13.3 Å². The van der Waals surface area contributed by atoms with E-state index >= 15 is 0 Å². The first-order valence-electron chi connectivity index (χ1n) is 5.92. The molecule has 0 spiro atoms. The number of aryl methyl sites for hydroxylation is 2. The van der Waals surface area contributed by atoms with Crippen molar-refractivity contribution in [2.24, 2.45) is 0 Å². The summed E-state index contributed by atoms with van der Waals surface area (Å²) in [6, 6.07) is 0. The topological polar surface area (TPSA) is 59.1 Å². The Labute approximate surface area is 108 Å². The van der Waals surface area contributed by atoms with Gasteiger partial charge in [-0.15, -0.1) is 11.3 Å². The van der Waals surface area contributed by atoms with Crippen LogP contribution in [0.2, 0.25) is 0 Å². The van der Waals surface area contributed by atoms with Crippen LogP contribution in [0.1, 0.15) is 36.9 Å². The molecule has 0 aliphatic heterocycles. The zero-order chi connectivity index (χ0) is 12.7. The van der Waals surface area contributed by atoms with Crippen molar-refractivity contribution < 1.29 is 8.42 Å². The molecule has 6 heteroatoms. The van der Waals surface area contributed by atoms with Gasteiger partial charge in [0.2, 0.25) is 10.0 Å². The van der Waals surface area contributed by atoms with Crippen molar-refractivity contribution in [1.29, 1.82) is 0 Å². The number of nitrogens with zero attached hydrogens (tertiary/aromatic N) is 1. The monoisotopic (exact) mass is 276 g/mol. The molecule has 1 rings (SSSR count). The first-order valence-corrected chi connectivity index (χ1v) is 8.45. The molecule has 1 heterocycles. The van der Waals surface area contributed by atoms with Crippen molar-refractivity contribution in [2.75, 3.05) is 12.3 Å². The van der Waals surface area contributed by atoms with Crippen LogP contribution in [-0.2, 0) is 16.4 Å².